The molecular formula is C30H27F3N4O3S. The molecule has 11 heteroatoms. The molecule has 2 aromatic carbocycles. The Balaban J connectivity index is 1.17. The van der Waals surface area contributed by atoms with Crippen molar-refractivity contribution in [3.8, 4) is 16.9 Å². The number of carbonyl (C=O) groups is 2. The highest BCUT2D eigenvalue weighted by Gasteiger charge is 2.31. The van der Waals surface area contributed by atoms with Crippen LogP contribution in [0.5, 0.6) is 5.75 Å². The number of anilines is 1. The number of piperidine rings is 1. The predicted octanol–water partition coefficient (Wildman–Crippen LogP) is 6.69. The number of para-hydroxylation sites is 1. The number of hydrogen-bond donors (Lipinski definition) is 1. The minimum absolute atomic E-state index is 0.132. The molecule has 41 heavy (non-hydrogen) atoms. The number of halogens is 3. The lowest BCUT2D eigenvalue weighted by atomic mass is 9.97. The molecule has 212 valence electrons. The molecule has 0 atom stereocenters. The summed E-state index contributed by atoms with van der Waals surface area (Å²) in [7, 11) is 0. The summed E-state index contributed by atoms with van der Waals surface area (Å²) in [6, 6.07) is 16.3. The first-order chi connectivity index (χ1) is 19.7. The molecule has 2 amide bonds. The van der Waals surface area contributed by atoms with Crippen LogP contribution in [-0.2, 0) is 11.2 Å². The fourth-order valence-corrected chi connectivity index (χ4v) is 5.75. The third kappa shape index (κ3) is 7.49. The van der Waals surface area contributed by atoms with E-state index in [1.807, 2.05) is 17.0 Å². The first-order valence-corrected chi connectivity index (χ1v) is 14.0. The number of aryl methyl sites for hydroxylation is 1. The van der Waals surface area contributed by atoms with Gasteiger partial charge in [0.25, 0.3) is 5.91 Å². The van der Waals surface area contributed by atoms with Crippen LogP contribution in [-0.4, -0.2) is 46.1 Å². The molecule has 4 aromatic rings. The molecule has 0 saturated carbocycles. The molecule has 0 radical (unpaired) electrons. The van der Waals surface area contributed by atoms with E-state index in [1.165, 1.54) is 35.6 Å². The number of alkyl halides is 3. The van der Waals surface area contributed by atoms with Crippen molar-refractivity contribution < 1.29 is 27.5 Å². The van der Waals surface area contributed by atoms with Gasteiger partial charge in [-0.15, -0.1) is 24.5 Å². The molecule has 0 bridgehead atoms. The molecule has 0 spiro atoms. The van der Waals surface area contributed by atoms with Gasteiger partial charge in [0.2, 0.25) is 5.91 Å². The minimum Gasteiger partial charge on any atom is -0.406 e. The van der Waals surface area contributed by atoms with E-state index in [0.717, 1.165) is 23.4 Å². The number of rotatable bonds is 8. The number of pyridine rings is 1. The molecule has 1 N–H and O–H groups in total. The third-order valence-electron chi connectivity index (χ3n) is 6.88. The van der Waals surface area contributed by atoms with Gasteiger partial charge < -0.3 is 15.0 Å². The fourth-order valence-electron chi connectivity index (χ4n) is 4.78. The van der Waals surface area contributed by atoms with Gasteiger partial charge in [0.1, 0.15) is 11.4 Å². The Bertz CT molecular complexity index is 1480. The molecule has 1 saturated heterocycles. The Morgan fingerprint density at radius 3 is 2.49 bits per heavy atom. The molecule has 5 rings (SSSR count). The second-order valence-corrected chi connectivity index (χ2v) is 10.5. The summed E-state index contributed by atoms with van der Waals surface area (Å²) in [5, 5.41) is 5.47. The zero-order valence-electron chi connectivity index (χ0n) is 21.9. The van der Waals surface area contributed by atoms with Crippen molar-refractivity contribution in [2.24, 2.45) is 0 Å². The number of amides is 2. The Labute approximate surface area is 239 Å². The maximum absolute atomic E-state index is 13.1. The van der Waals surface area contributed by atoms with Crippen molar-refractivity contribution in [3.63, 3.8) is 0 Å². The van der Waals surface area contributed by atoms with E-state index >= 15 is 0 Å². The normalized spacial score (nSPS) is 14.1. The highest BCUT2D eigenvalue weighted by molar-refractivity contribution is 7.10. The molecule has 0 aliphatic carbocycles. The zero-order valence-corrected chi connectivity index (χ0v) is 22.8. The van der Waals surface area contributed by atoms with Gasteiger partial charge in [-0.25, -0.2) is 4.98 Å². The van der Waals surface area contributed by atoms with E-state index in [1.54, 1.807) is 42.0 Å². The maximum atomic E-state index is 13.1. The van der Waals surface area contributed by atoms with Crippen LogP contribution in [0.3, 0.4) is 0 Å². The Hall–Kier alpha value is -4.25. The van der Waals surface area contributed by atoms with E-state index in [9.17, 15) is 22.8 Å². The lowest BCUT2D eigenvalue weighted by molar-refractivity contribution is -0.274. The van der Waals surface area contributed by atoms with Gasteiger partial charge in [-0.1, -0.05) is 36.4 Å². The highest BCUT2D eigenvalue weighted by Crippen LogP contribution is 2.33. The van der Waals surface area contributed by atoms with Crippen molar-refractivity contribution in [2.75, 3.05) is 18.4 Å². The molecule has 1 fully saturated rings. The second-order valence-electron chi connectivity index (χ2n) is 9.66. The van der Waals surface area contributed by atoms with Gasteiger partial charge in [-0.3, -0.25) is 14.6 Å². The molecule has 3 heterocycles. The summed E-state index contributed by atoms with van der Waals surface area (Å²) < 4.78 is 41.4. The average molecular weight is 581 g/mol. The highest BCUT2D eigenvalue weighted by atomic mass is 32.1. The molecular weight excluding hydrogens is 553 g/mol. The lowest BCUT2D eigenvalue weighted by Crippen LogP contribution is -2.38. The summed E-state index contributed by atoms with van der Waals surface area (Å²) in [5.74, 6) is -0.390. The van der Waals surface area contributed by atoms with E-state index < -0.39 is 6.36 Å². The third-order valence-corrected chi connectivity index (χ3v) is 7.88. The number of aromatic nitrogens is 2. The largest absolute Gasteiger partial charge is 0.573 e. The number of nitrogens with one attached hydrogen (secondary N) is 1. The lowest BCUT2D eigenvalue weighted by Gasteiger charge is -2.31. The summed E-state index contributed by atoms with van der Waals surface area (Å²) in [6.45, 7) is 1.30. The number of benzene rings is 2. The number of likely N-dealkylation sites (tertiary alicyclic amines) is 1. The Kier molecular flexibility index (Phi) is 8.63. The minimum atomic E-state index is -4.77. The summed E-state index contributed by atoms with van der Waals surface area (Å²) in [4.78, 5) is 36.3. The van der Waals surface area contributed by atoms with Crippen LogP contribution < -0.4 is 10.1 Å². The monoisotopic (exact) mass is 580 g/mol. The number of hydrogen-bond acceptors (Lipinski definition) is 6. The van der Waals surface area contributed by atoms with Crippen molar-refractivity contribution >= 4 is 28.8 Å². The van der Waals surface area contributed by atoms with Crippen molar-refractivity contribution in [3.05, 3.63) is 94.7 Å². The van der Waals surface area contributed by atoms with Gasteiger partial charge >= 0.3 is 6.36 Å². The van der Waals surface area contributed by atoms with Gasteiger partial charge in [0, 0.05) is 54.5 Å². The maximum Gasteiger partial charge on any atom is 0.573 e. The quantitative estimate of drug-likeness (QED) is 0.251. The number of thiazole rings is 1. The van der Waals surface area contributed by atoms with E-state index in [-0.39, 0.29) is 23.5 Å². The summed E-state index contributed by atoms with van der Waals surface area (Å²) in [5.41, 5.74) is 3.12. The van der Waals surface area contributed by atoms with Crippen molar-refractivity contribution in [2.45, 2.75) is 38.0 Å². The van der Waals surface area contributed by atoms with Crippen LogP contribution in [0.25, 0.3) is 11.1 Å². The first kappa shape index (κ1) is 28.3. The van der Waals surface area contributed by atoms with Gasteiger partial charge in [0.05, 0.1) is 5.01 Å². The number of ether oxygens (including phenoxy) is 1. The second kappa shape index (κ2) is 12.5. The first-order valence-electron chi connectivity index (χ1n) is 13.1. The van der Waals surface area contributed by atoms with Crippen LogP contribution in [0.15, 0.2) is 78.4 Å². The van der Waals surface area contributed by atoms with Gasteiger partial charge in [-0.05, 0) is 54.7 Å². The zero-order chi connectivity index (χ0) is 28.8. The van der Waals surface area contributed by atoms with Crippen LogP contribution in [0, 0.1) is 0 Å². The fraction of sp³-hybridized carbons (Fsp3) is 0.267. The molecule has 2 aromatic heterocycles. The van der Waals surface area contributed by atoms with Crippen molar-refractivity contribution in [1.82, 2.24) is 14.9 Å². The van der Waals surface area contributed by atoms with Gasteiger partial charge in [0.15, 0.2) is 0 Å². The van der Waals surface area contributed by atoms with Crippen LogP contribution in [0.2, 0.25) is 0 Å². The van der Waals surface area contributed by atoms with Crippen LogP contribution in [0.4, 0.5) is 18.9 Å². The van der Waals surface area contributed by atoms with Crippen molar-refractivity contribution in [1.29, 1.82) is 0 Å². The van der Waals surface area contributed by atoms with Gasteiger partial charge in [-0.2, -0.15) is 0 Å². The predicted molar refractivity (Wildman–Crippen MR) is 150 cm³/mol. The molecule has 0 unspecified atom stereocenters. The topological polar surface area (TPSA) is 84.4 Å². The number of carbonyl (C=O) groups excluding carboxylic acids is 2. The average Bonchev–Trinajstić information content (AvgIpc) is 3.47. The van der Waals surface area contributed by atoms with Crippen LogP contribution >= 0.6 is 11.3 Å². The molecule has 1 aliphatic heterocycles. The number of nitrogens with zero attached hydrogens (tertiary/aromatic N) is 3. The van der Waals surface area contributed by atoms with Crippen LogP contribution in [0.1, 0.15) is 46.2 Å². The van der Waals surface area contributed by atoms with E-state index in [4.69, 9.17) is 0 Å². The standard InChI is InChI=1S/C30H27F3N4O3S/c31-30(32,33)40-23-10-8-21(9-11-23)24-5-1-2-6-25(24)35-28(39)26-19-41-29(36-26)22-13-16-37(17-14-22)27(38)12-7-20-4-3-15-34-18-20/h1-6,8-11,15,18-19,22H,7,12-14,16-17H2,(H,35,39). The SMILES string of the molecule is O=C(Nc1ccccc1-c1ccc(OC(F)(F)F)cc1)c1csc(C2CCN(C(=O)CCc3cccnc3)CC2)n1. The Morgan fingerprint density at radius 1 is 1.02 bits per heavy atom. The Morgan fingerprint density at radius 2 is 1.78 bits per heavy atom. The smallest absolute Gasteiger partial charge is 0.406 e. The molecule has 1 aliphatic rings. The molecule has 7 nitrogen and oxygen atoms in total. The van der Waals surface area contributed by atoms with E-state index in [2.05, 4.69) is 20.0 Å². The van der Waals surface area contributed by atoms with E-state index in [0.29, 0.717) is 48.4 Å². The summed E-state index contributed by atoms with van der Waals surface area (Å²) >= 11 is 1.43. The summed E-state index contributed by atoms with van der Waals surface area (Å²) in [6.07, 6.45) is 1.40.